The number of amidine groups is 1. The Morgan fingerprint density at radius 1 is 0.952 bits per heavy atom. The molecule has 21 heavy (non-hydrogen) atoms. The van der Waals surface area contributed by atoms with Gasteiger partial charge in [-0.05, 0) is 55.9 Å². The fourth-order valence-corrected chi connectivity index (χ4v) is 2.51. The minimum absolute atomic E-state index is 0.120. The van der Waals surface area contributed by atoms with Gasteiger partial charge in [0.1, 0.15) is 5.69 Å². The topological polar surface area (TPSA) is 55.5 Å². The second-order valence-electron chi connectivity index (χ2n) is 5.32. The molecule has 2 aromatic rings. The van der Waals surface area contributed by atoms with Gasteiger partial charge in [0.15, 0.2) is 0 Å². The summed E-state index contributed by atoms with van der Waals surface area (Å²) in [5, 5.41) is 15.5. The molecule has 0 aliphatic carbocycles. The normalized spacial score (nSPS) is 12.0. The molecular weight excluding hydrogens is 264 g/mol. The molecule has 0 fully saturated rings. The van der Waals surface area contributed by atoms with Gasteiger partial charge in [0.25, 0.3) is 0 Å². The van der Waals surface area contributed by atoms with Crippen LogP contribution in [-0.2, 0) is 0 Å². The predicted octanol–water partition coefficient (Wildman–Crippen LogP) is 4.28. The van der Waals surface area contributed by atoms with Crippen molar-refractivity contribution in [2.24, 2.45) is 5.18 Å². The number of aryl methyl sites for hydroxylation is 4. The number of hydrogen-bond donors (Lipinski definition) is 0. The predicted molar refractivity (Wildman–Crippen MR) is 85.0 cm³/mol. The molecule has 0 saturated heterocycles. The number of benzene rings is 2. The summed E-state index contributed by atoms with van der Waals surface area (Å²) in [4.78, 5) is 11.2. The van der Waals surface area contributed by atoms with Crippen molar-refractivity contribution in [2.75, 3.05) is 0 Å². The van der Waals surface area contributed by atoms with E-state index in [9.17, 15) is 10.1 Å². The summed E-state index contributed by atoms with van der Waals surface area (Å²) in [6.07, 6.45) is 0. The van der Waals surface area contributed by atoms with Gasteiger partial charge in [-0.25, -0.2) is 4.74 Å². The lowest BCUT2D eigenvalue weighted by Gasteiger charge is -2.15. The molecule has 0 spiro atoms. The molecule has 0 aliphatic heterocycles. The third-order valence-electron chi connectivity index (χ3n) is 3.43. The molecular formula is C17H18N2O2. The van der Waals surface area contributed by atoms with Gasteiger partial charge in [0.05, 0.1) is 5.56 Å². The maximum Gasteiger partial charge on any atom is 0.385 e. The third kappa shape index (κ3) is 2.99. The first kappa shape index (κ1) is 14.9. The van der Waals surface area contributed by atoms with Gasteiger partial charge >= 0.3 is 5.84 Å². The minimum atomic E-state index is -0.120. The summed E-state index contributed by atoms with van der Waals surface area (Å²) >= 11 is 0. The molecule has 0 N–H and O–H groups in total. The van der Waals surface area contributed by atoms with Crippen molar-refractivity contribution in [1.82, 2.24) is 0 Å². The Kier molecular flexibility index (Phi) is 4.17. The Morgan fingerprint density at radius 3 is 1.95 bits per heavy atom. The third-order valence-corrected chi connectivity index (χ3v) is 3.43. The second-order valence-corrected chi connectivity index (χ2v) is 5.32. The monoisotopic (exact) mass is 282 g/mol. The zero-order valence-corrected chi connectivity index (χ0v) is 12.7. The smallest absolute Gasteiger partial charge is 0.385 e. The fraction of sp³-hybridized carbons (Fsp3) is 0.235. The van der Waals surface area contributed by atoms with E-state index in [0.29, 0.717) is 16.0 Å². The lowest BCUT2D eigenvalue weighted by Crippen LogP contribution is -2.12. The van der Waals surface area contributed by atoms with Gasteiger partial charge in [-0.3, -0.25) is 0 Å². The van der Waals surface area contributed by atoms with Gasteiger partial charge in [-0.2, -0.15) is 0 Å². The molecule has 4 heteroatoms. The van der Waals surface area contributed by atoms with E-state index >= 15 is 0 Å². The van der Waals surface area contributed by atoms with Crippen molar-refractivity contribution in [3.8, 4) is 0 Å². The molecule has 2 aromatic carbocycles. The average molecular weight is 282 g/mol. The number of hydrogen-bond acceptors (Lipinski definition) is 2. The Balaban J connectivity index is 2.65. The van der Waals surface area contributed by atoms with Crippen LogP contribution in [0.2, 0.25) is 0 Å². The quantitative estimate of drug-likeness (QED) is 0.206. The number of nitrogens with zero attached hydrogens (tertiary/aromatic N) is 2. The highest BCUT2D eigenvalue weighted by Crippen LogP contribution is 2.25. The Labute approximate surface area is 124 Å². The maximum absolute atomic E-state index is 12.6. The van der Waals surface area contributed by atoms with E-state index in [-0.39, 0.29) is 5.84 Å². The van der Waals surface area contributed by atoms with Crippen LogP contribution < -0.4 is 0 Å². The van der Waals surface area contributed by atoms with Gasteiger partial charge in [0, 0.05) is 0 Å². The average Bonchev–Trinajstić information content (AvgIpc) is 2.40. The number of rotatable bonds is 2. The van der Waals surface area contributed by atoms with Crippen molar-refractivity contribution >= 4 is 11.5 Å². The van der Waals surface area contributed by atoms with Gasteiger partial charge in [-0.1, -0.05) is 35.4 Å². The summed E-state index contributed by atoms with van der Waals surface area (Å²) in [5.74, 6) is -0.120. The molecule has 2 rings (SSSR count). The number of nitroso groups, excluding NO2 is 1. The minimum Gasteiger partial charge on any atom is -0.710 e. The molecule has 0 aromatic heterocycles. The van der Waals surface area contributed by atoms with E-state index in [2.05, 4.69) is 5.18 Å². The second kappa shape index (κ2) is 5.87. The lowest BCUT2D eigenvalue weighted by atomic mass is 10.0. The zero-order valence-electron chi connectivity index (χ0n) is 12.7. The Bertz CT molecular complexity index is 693. The van der Waals surface area contributed by atoms with Crippen molar-refractivity contribution in [2.45, 2.75) is 27.7 Å². The van der Waals surface area contributed by atoms with Gasteiger partial charge < -0.3 is 5.21 Å². The highest BCUT2D eigenvalue weighted by molar-refractivity contribution is 5.96. The standard InChI is InChI=1S/C17H18N2O2/c1-11-5-7-15(8-6-11)17(18-20)19(21)16-13(3)9-12(2)10-14(16)4/h5-10H,1-4H3/b19-17+. The molecule has 0 unspecified atom stereocenters. The summed E-state index contributed by atoms with van der Waals surface area (Å²) in [7, 11) is 0. The van der Waals surface area contributed by atoms with Gasteiger partial charge in [0.2, 0.25) is 5.18 Å². The van der Waals surface area contributed by atoms with E-state index < -0.39 is 0 Å². The molecule has 0 heterocycles. The summed E-state index contributed by atoms with van der Waals surface area (Å²) in [5.41, 5.74) is 4.80. The van der Waals surface area contributed by atoms with E-state index in [1.807, 2.05) is 52.0 Å². The van der Waals surface area contributed by atoms with Crippen LogP contribution in [0, 0.1) is 37.8 Å². The molecule has 0 radical (unpaired) electrons. The van der Waals surface area contributed by atoms with Crippen LogP contribution in [0.3, 0.4) is 0 Å². The first-order valence-electron chi connectivity index (χ1n) is 6.76. The molecule has 0 aliphatic rings. The lowest BCUT2D eigenvalue weighted by molar-refractivity contribution is -0.362. The fourth-order valence-electron chi connectivity index (χ4n) is 2.51. The SMILES string of the molecule is Cc1ccc(/C(N=O)=[N+](\[O-])c2c(C)cc(C)cc2C)cc1. The van der Waals surface area contributed by atoms with Crippen molar-refractivity contribution in [3.05, 3.63) is 74.3 Å². The molecule has 0 atom stereocenters. The largest absolute Gasteiger partial charge is 0.710 e. The van der Waals surface area contributed by atoms with Crippen molar-refractivity contribution in [3.63, 3.8) is 0 Å². The molecule has 108 valence electrons. The van der Waals surface area contributed by atoms with E-state index in [1.165, 1.54) is 0 Å². The van der Waals surface area contributed by atoms with Crippen LogP contribution in [0.1, 0.15) is 27.8 Å². The Hall–Kier alpha value is -2.49. The van der Waals surface area contributed by atoms with E-state index in [1.54, 1.807) is 12.1 Å². The van der Waals surface area contributed by atoms with Crippen LogP contribution in [-0.4, -0.2) is 10.6 Å². The summed E-state index contributed by atoms with van der Waals surface area (Å²) in [6, 6.07) is 11.0. The molecule has 0 bridgehead atoms. The highest BCUT2D eigenvalue weighted by Gasteiger charge is 2.19. The van der Waals surface area contributed by atoms with Crippen LogP contribution in [0.25, 0.3) is 0 Å². The highest BCUT2D eigenvalue weighted by atomic mass is 16.5. The van der Waals surface area contributed by atoms with Crippen LogP contribution in [0.15, 0.2) is 41.6 Å². The van der Waals surface area contributed by atoms with Crippen LogP contribution in [0.4, 0.5) is 5.69 Å². The van der Waals surface area contributed by atoms with Crippen molar-refractivity contribution in [1.29, 1.82) is 0 Å². The maximum atomic E-state index is 12.6. The van der Waals surface area contributed by atoms with Crippen molar-refractivity contribution < 1.29 is 4.74 Å². The Morgan fingerprint density at radius 2 is 1.48 bits per heavy atom. The molecule has 0 saturated carbocycles. The van der Waals surface area contributed by atoms with E-state index in [0.717, 1.165) is 22.3 Å². The zero-order chi connectivity index (χ0) is 15.6. The van der Waals surface area contributed by atoms with E-state index in [4.69, 9.17) is 0 Å². The summed E-state index contributed by atoms with van der Waals surface area (Å²) < 4.78 is 0.627. The summed E-state index contributed by atoms with van der Waals surface area (Å²) in [6.45, 7) is 7.64. The van der Waals surface area contributed by atoms with Gasteiger partial charge in [-0.15, -0.1) is 0 Å². The molecule has 4 nitrogen and oxygen atoms in total. The van der Waals surface area contributed by atoms with Crippen LogP contribution >= 0.6 is 0 Å². The first-order valence-corrected chi connectivity index (χ1v) is 6.76. The van der Waals surface area contributed by atoms with Crippen LogP contribution in [0.5, 0.6) is 0 Å². The molecule has 0 amide bonds. The first-order chi connectivity index (χ1) is 9.93.